The predicted octanol–water partition coefficient (Wildman–Crippen LogP) is 6.31. The Morgan fingerprint density at radius 2 is 1.65 bits per heavy atom. The van der Waals surface area contributed by atoms with Gasteiger partial charge in [0.25, 0.3) is 0 Å². The van der Waals surface area contributed by atoms with Gasteiger partial charge in [0.2, 0.25) is 0 Å². The molecular weight excluding hydrogens is 240 g/mol. The van der Waals surface area contributed by atoms with Gasteiger partial charge in [-0.15, -0.1) is 0 Å². The average molecular weight is 268 g/mol. The van der Waals surface area contributed by atoms with E-state index in [-0.39, 0.29) is 5.41 Å². The van der Waals surface area contributed by atoms with E-state index in [2.05, 4.69) is 57.4 Å². The van der Waals surface area contributed by atoms with Crippen LogP contribution in [0.25, 0.3) is 0 Å². The summed E-state index contributed by atoms with van der Waals surface area (Å²) in [5, 5.41) is 0. The van der Waals surface area contributed by atoms with E-state index in [1.165, 1.54) is 43.3 Å². The molecule has 1 rings (SSSR count). The average Bonchev–Trinajstić information content (AvgIpc) is 2.49. The zero-order valence-corrected chi connectivity index (χ0v) is 13.1. The maximum absolute atomic E-state index is 4.06. The lowest BCUT2D eigenvalue weighted by Crippen LogP contribution is -2.27. The van der Waals surface area contributed by atoms with Crippen LogP contribution in [0.15, 0.2) is 72.9 Å². The van der Waals surface area contributed by atoms with Gasteiger partial charge in [-0.05, 0) is 37.8 Å². The Kier molecular flexibility index (Phi) is 7.08. The molecule has 1 aliphatic rings. The van der Waals surface area contributed by atoms with Gasteiger partial charge < -0.3 is 0 Å². The molecule has 1 aliphatic carbocycles. The Morgan fingerprint density at radius 1 is 0.950 bits per heavy atom. The van der Waals surface area contributed by atoms with E-state index in [1.54, 1.807) is 0 Å². The summed E-state index contributed by atoms with van der Waals surface area (Å²) < 4.78 is 0. The third-order valence-electron chi connectivity index (χ3n) is 4.22. The van der Waals surface area contributed by atoms with Crippen LogP contribution in [0.3, 0.4) is 0 Å². The molecule has 0 bridgehead atoms. The fourth-order valence-corrected chi connectivity index (χ4v) is 3.23. The van der Waals surface area contributed by atoms with Gasteiger partial charge in [0.05, 0.1) is 0 Å². The van der Waals surface area contributed by atoms with Crippen molar-refractivity contribution in [3.63, 3.8) is 0 Å². The molecule has 1 fully saturated rings. The van der Waals surface area contributed by atoms with Crippen LogP contribution in [0.4, 0.5) is 0 Å². The van der Waals surface area contributed by atoms with Gasteiger partial charge in [-0.2, -0.15) is 0 Å². The summed E-state index contributed by atoms with van der Waals surface area (Å²) in [6, 6.07) is 0. The van der Waals surface area contributed by atoms with Gasteiger partial charge >= 0.3 is 0 Å². The largest absolute Gasteiger partial charge is 0.0991 e. The first-order valence-electron chi connectivity index (χ1n) is 7.67. The molecule has 0 radical (unpaired) electrons. The van der Waals surface area contributed by atoms with E-state index in [1.807, 2.05) is 18.2 Å². The van der Waals surface area contributed by atoms with E-state index < -0.39 is 0 Å². The van der Waals surface area contributed by atoms with Crippen molar-refractivity contribution in [2.45, 2.75) is 46.0 Å². The van der Waals surface area contributed by atoms with Crippen LogP contribution in [-0.4, -0.2) is 0 Å². The van der Waals surface area contributed by atoms with Crippen molar-refractivity contribution >= 4 is 0 Å². The maximum atomic E-state index is 4.06. The lowest BCUT2D eigenvalue weighted by atomic mass is 9.64. The summed E-state index contributed by atoms with van der Waals surface area (Å²) in [7, 11) is 0. The maximum Gasteiger partial charge on any atom is 0.0199 e. The Morgan fingerprint density at radius 3 is 2.15 bits per heavy atom. The minimum Gasteiger partial charge on any atom is -0.0991 e. The Labute approximate surface area is 125 Å². The molecule has 0 unspecified atom stereocenters. The van der Waals surface area contributed by atoms with Crippen molar-refractivity contribution in [2.75, 3.05) is 0 Å². The predicted molar refractivity (Wildman–Crippen MR) is 91.7 cm³/mol. The van der Waals surface area contributed by atoms with E-state index in [9.17, 15) is 0 Å². The molecule has 108 valence electrons. The third-order valence-corrected chi connectivity index (χ3v) is 4.22. The smallest absolute Gasteiger partial charge is 0.0199 e. The highest BCUT2D eigenvalue weighted by atomic mass is 14.4. The second kappa shape index (κ2) is 8.58. The zero-order chi connectivity index (χ0) is 14.8. The molecule has 0 spiro atoms. The summed E-state index contributed by atoms with van der Waals surface area (Å²) in [5.41, 5.74) is 2.87. The highest BCUT2D eigenvalue weighted by Crippen LogP contribution is 2.49. The van der Waals surface area contributed by atoms with Crippen molar-refractivity contribution < 1.29 is 0 Å². The number of rotatable bonds is 6. The second-order valence-electron chi connectivity index (χ2n) is 5.33. The fraction of sp³-hybridized carbons (Fsp3) is 0.400. The van der Waals surface area contributed by atoms with Gasteiger partial charge in [-0.3, -0.25) is 0 Å². The van der Waals surface area contributed by atoms with Gasteiger partial charge in [-0.25, -0.2) is 0 Å². The summed E-state index contributed by atoms with van der Waals surface area (Å²) in [6.07, 6.45) is 23.2. The van der Waals surface area contributed by atoms with Crippen molar-refractivity contribution in [3.05, 3.63) is 72.9 Å². The molecule has 0 saturated heterocycles. The van der Waals surface area contributed by atoms with Crippen LogP contribution in [-0.2, 0) is 0 Å². The van der Waals surface area contributed by atoms with Crippen molar-refractivity contribution in [1.82, 2.24) is 0 Å². The van der Waals surface area contributed by atoms with Crippen LogP contribution in [0.2, 0.25) is 0 Å². The van der Waals surface area contributed by atoms with Gasteiger partial charge in [0.1, 0.15) is 0 Å². The first kappa shape index (κ1) is 16.5. The summed E-state index contributed by atoms with van der Waals surface area (Å²) in [4.78, 5) is 0. The molecular formula is C20H28. The minimum absolute atomic E-state index is 0.133. The van der Waals surface area contributed by atoms with Crippen molar-refractivity contribution in [3.8, 4) is 0 Å². The number of hydrogen-bond donors (Lipinski definition) is 0. The lowest BCUT2D eigenvalue weighted by Gasteiger charge is -2.40. The Hall–Kier alpha value is -1.56. The van der Waals surface area contributed by atoms with Gasteiger partial charge in [0, 0.05) is 5.41 Å². The first-order chi connectivity index (χ1) is 9.75. The van der Waals surface area contributed by atoms with Crippen molar-refractivity contribution in [2.24, 2.45) is 5.41 Å². The van der Waals surface area contributed by atoms with Gasteiger partial charge in [0.15, 0.2) is 0 Å². The molecule has 0 aromatic carbocycles. The molecule has 20 heavy (non-hydrogen) atoms. The van der Waals surface area contributed by atoms with Crippen LogP contribution < -0.4 is 0 Å². The van der Waals surface area contributed by atoms with E-state index in [0.717, 1.165) is 0 Å². The standard InChI is InChI=1S/C20H28/c1-5-9-14-18(7-3)20(16-12-11-13-17-20)19(8-4)15-10-6-2/h5-10,14-15H,1,4,11-13,16-17H2,2-3H3/b10-6-,14-9-,18-7+,19-15+. The summed E-state index contributed by atoms with van der Waals surface area (Å²) >= 11 is 0. The molecule has 0 N–H and O–H groups in total. The van der Waals surface area contributed by atoms with Crippen LogP contribution in [0.5, 0.6) is 0 Å². The van der Waals surface area contributed by atoms with E-state index in [4.69, 9.17) is 0 Å². The monoisotopic (exact) mass is 268 g/mol. The highest BCUT2D eigenvalue weighted by Gasteiger charge is 2.36. The van der Waals surface area contributed by atoms with Crippen LogP contribution in [0, 0.1) is 5.41 Å². The molecule has 0 heterocycles. The highest BCUT2D eigenvalue weighted by molar-refractivity contribution is 5.43. The van der Waals surface area contributed by atoms with Crippen LogP contribution in [0.1, 0.15) is 46.0 Å². The Balaban J connectivity index is 3.30. The molecule has 0 heteroatoms. The fourth-order valence-electron chi connectivity index (χ4n) is 3.23. The minimum atomic E-state index is 0.133. The SMILES string of the molecule is C=C/C=C\C(=C/C)C1(/C(C=C)=C/C=C\C)CCCCC1. The van der Waals surface area contributed by atoms with Crippen LogP contribution >= 0.6 is 0 Å². The normalized spacial score (nSPS) is 20.5. The molecule has 0 aromatic rings. The zero-order valence-electron chi connectivity index (χ0n) is 13.1. The number of allylic oxidation sites excluding steroid dienone is 10. The third kappa shape index (κ3) is 3.72. The summed E-state index contributed by atoms with van der Waals surface area (Å²) in [5.74, 6) is 0. The van der Waals surface area contributed by atoms with E-state index in [0.29, 0.717) is 0 Å². The number of hydrogen-bond acceptors (Lipinski definition) is 0. The summed E-state index contributed by atoms with van der Waals surface area (Å²) in [6.45, 7) is 12.0. The first-order valence-corrected chi connectivity index (χ1v) is 7.67. The molecule has 1 saturated carbocycles. The topological polar surface area (TPSA) is 0 Å². The second-order valence-corrected chi connectivity index (χ2v) is 5.33. The molecule has 0 aliphatic heterocycles. The molecule has 0 atom stereocenters. The lowest BCUT2D eigenvalue weighted by molar-refractivity contribution is 0.300. The van der Waals surface area contributed by atoms with E-state index >= 15 is 0 Å². The van der Waals surface area contributed by atoms with Crippen molar-refractivity contribution in [1.29, 1.82) is 0 Å². The molecule has 0 aromatic heterocycles. The molecule has 0 nitrogen and oxygen atoms in total. The van der Waals surface area contributed by atoms with Gasteiger partial charge in [-0.1, -0.05) is 81.0 Å². The Bertz CT molecular complexity index is 435. The molecule has 0 amide bonds. The quantitative estimate of drug-likeness (QED) is 0.495.